The Morgan fingerprint density at radius 3 is 2.62 bits per heavy atom. The van der Waals surface area contributed by atoms with Crippen molar-refractivity contribution in [1.82, 2.24) is 4.98 Å². The number of rotatable bonds is 3. The van der Waals surface area contributed by atoms with Crippen molar-refractivity contribution in [3.05, 3.63) is 23.5 Å². The van der Waals surface area contributed by atoms with Gasteiger partial charge in [0, 0.05) is 6.20 Å². The molecule has 0 aliphatic carbocycles. The van der Waals surface area contributed by atoms with E-state index in [0.717, 1.165) is 0 Å². The van der Waals surface area contributed by atoms with Crippen molar-refractivity contribution in [2.75, 3.05) is 6.61 Å². The maximum atomic E-state index is 12.3. The standard InChI is InChI=1S/C9H8F3NO3/c1-2-16-6-3-5(9(10,11)12)4-13-7(6)8(14)15/h3-4H,2H2,1H3,(H,14,15). The minimum Gasteiger partial charge on any atom is -0.491 e. The summed E-state index contributed by atoms with van der Waals surface area (Å²) in [5.74, 6) is -1.82. The van der Waals surface area contributed by atoms with Crippen LogP contribution in [0.15, 0.2) is 12.3 Å². The highest BCUT2D eigenvalue weighted by atomic mass is 19.4. The van der Waals surface area contributed by atoms with Crippen LogP contribution < -0.4 is 4.74 Å². The molecule has 0 unspecified atom stereocenters. The quantitative estimate of drug-likeness (QED) is 0.872. The molecule has 0 saturated heterocycles. The van der Waals surface area contributed by atoms with E-state index in [1.54, 1.807) is 0 Å². The lowest BCUT2D eigenvalue weighted by Gasteiger charge is -2.10. The van der Waals surface area contributed by atoms with Crippen LogP contribution in [0.5, 0.6) is 5.75 Å². The molecule has 1 heterocycles. The predicted octanol–water partition coefficient (Wildman–Crippen LogP) is 2.20. The van der Waals surface area contributed by atoms with E-state index in [-0.39, 0.29) is 12.4 Å². The summed E-state index contributed by atoms with van der Waals surface area (Å²) in [6, 6.07) is 0.625. The van der Waals surface area contributed by atoms with E-state index in [2.05, 4.69) is 4.98 Å². The zero-order chi connectivity index (χ0) is 12.3. The number of hydrogen-bond acceptors (Lipinski definition) is 3. The molecule has 0 radical (unpaired) electrons. The molecule has 0 aromatic carbocycles. The summed E-state index contributed by atoms with van der Waals surface area (Å²) in [5, 5.41) is 8.66. The Balaban J connectivity index is 3.22. The van der Waals surface area contributed by atoms with Crippen molar-refractivity contribution < 1.29 is 27.8 Å². The number of alkyl halides is 3. The molecule has 0 bridgehead atoms. The van der Waals surface area contributed by atoms with E-state index >= 15 is 0 Å². The lowest BCUT2D eigenvalue weighted by Crippen LogP contribution is -2.11. The van der Waals surface area contributed by atoms with Crippen molar-refractivity contribution in [2.24, 2.45) is 0 Å². The van der Waals surface area contributed by atoms with Gasteiger partial charge in [-0.15, -0.1) is 0 Å². The summed E-state index contributed by atoms with van der Waals surface area (Å²) >= 11 is 0. The molecule has 0 aliphatic rings. The van der Waals surface area contributed by atoms with Crippen LogP contribution in [0.25, 0.3) is 0 Å². The summed E-state index contributed by atoms with van der Waals surface area (Å²) in [5.41, 5.74) is -1.57. The van der Waals surface area contributed by atoms with E-state index in [4.69, 9.17) is 9.84 Å². The van der Waals surface area contributed by atoms with Crippen molar-refractivity contribution >= 4 is 5.97 Å². The van der Waals surface area contributed by atoms with Gasteiger partial charge in [-0.1, -0.05) is 0 Å². The number of ether oxygens (including phenoxy) is 1. The molecule has 1 N–H and O–H groups in total. The van der Waals surface area contributed by atoms with Gasteiger partial charge in [0.25, 0.3) is 0 Å². The molecule has 88 valence electrons. The van der Waals surface area contributed by atoms with Gasteiger partial charge in [0.05, 0.1) is 12.2 Å². The molecule has 1 aromatic rings. The molecule has 0 atom stereocenters. The first-order chi connectivity index (χ1) is 7.36. The Kier molecular flexibility index (Phi) is 3.36. The fourth-order valence-corrected chi connectivity index (χ4v) is 1.03. The van der Waals surface area contributed by atoms with E-state index in [1.165, 1.54) is 6.92 Å². The average molecular weight is 235 g/mol. The fourth-order valence-electron chi connectivity index (χ4n) is 1.03. The van der Waals surface area contributed by atoms with Gasteiger partial charge in [-0.25, -0.2) is 9.78 Å². The summed E-state index contributed by atoms with van der Waals surface area (Å²) < 4.78 is 41.7. The number of aromatic nitrogens is 1. The van der Waals surface area contributed by atoms with Gasteiger partial charge < -0.3 is 9.84 Å². The molecule has 0 saturated carbocycles. The first-order valence-electron chi connectivity index (χ1n) is 4.29. The van der Waals surface area contributed by atoms with E-state index in [9.17, 15) is 18.0 Å². The van der Waals surface area contributed by atoms with Crippen LogP contribution in [0.3, 0.4) is 0 Å². The Labute approximate surface area is 88.7 Å². The molecule has 0 aliphatic heterocycles. The molecule has 0 fully saturated rings. The number of carboxylic acid groups (broad SMARTS) is 1. The van der Waals surface area contributed by atoms with Crippen LogP contribution in [0.2, 0.25) is 0 Å². The minimum atomic E-state index is -4.57. The third-order valence-electron chi connectivity index (χ3n) is 1.68. The number of hydrogen-bond donors (Lipinski definition) is 1. The van der Waals surface area contributed by atoms with E-state index < -0.39 is 23.4 Å². The lowest BCUT2D eigenvalue weighted by atomic mass is 10.2. The molecule has 16 heavy (non-hydrogen) atoms. The predicted molar refractivity (Wildman–Crippen MR) is 47.4 cm³/mol. The number of pyridine rings is 1. The maximum absolute atomic E-state index is 12.3. The summed E-state index contributed by atoms with van der Waals surface area (Å²) in [7, 11) is 0. The summed E-state index contributed by atoms with van der Waals surface area (Å²) in [6.45, 7) is 1.59. The van der Waals surface area contributed by atoms with Crippen molar-refractivity contribution in [1.29, 1.82) is 0 Å². The van der Waals surface area contributed by atoms with Crippen LogP contribution in [-0.4, -0.2) is 22.7 Å². The van der Waals surface area contributed by atoms with Crippen LogP contribution in [0.4, 0.5) is 13.2 Å². The summed E-state index contributed by atoms with van der Waals surface area (Å²) in [4.78, 5) is 13.9. The number of halogens is 3. The zero-order valence-electron chi connectivity index (χ0n) is 8.21. The third-order valence-corrected chi connectivity index (χ3v) is 1.68. The molecule has 1 rings (SSSR count). The highest BCUT2D eigenvalue weighted by molar-refractivity contribution is 5.88. The van der Waals surface area contributed by atoms with Crippen molar-refractivity contribution in [2.45, 2.75) is 13.1 Å². The fraction of sp³-hybridized carbons (Fsp3) is 0.333. The van der Waals surface area contributed by atoms with Crippen LogP contribution in [-0.2, 0) is 6.18 Å². The zero-order valence-corrected chi connectivity index (χ0v) is 8.21. The minimum absolute atomic E-state index is 0.0588. The molecule has 7 heteroatoms. The van der Waals surface area contributed by atoms with Gasteiger partial charge in [-0.05, 0) is 13.0 Å². The smallest absolute Gasteiger partial charge is 0.418 e. The molecular formula is C9H8F3NO3. The van der Waals surface area contributed by atoms with Crippen LogP contribution in [0, 0.1) is 0 Å². The number of aromatic carboxylic acids is 1. The summed E-state index contributed by atoms with van der Waals surface area (Å²) in [6.07, 6.45) is -4.11. The van der Waals surface area contributed by atoms with Crippen molar-refractivity contribution in [3.8, 4) is 5.75 Å². The largest absolute Gasteiger partial charge is 0.491 e. The van der Waals surface area contributed by atoms with Crippen molar-refractivity contribution in [3.63, 3.8) is 0 Å². The van der Waals surface area contributed by atoms with Gasteiger partial charge >= 0.3 is 12.1 Å². The van der Waals surface area contributed by atoms with Gasteiger partial charge in [0.2, 0.25) is 0 Å². The average Bonchev–Trinajstić information content (AvgIpc) is 2.16. The van der Waals surface area contributed by atoms with E-state index in [1.807, 2.05) is 0 Å². The first kappa shape index (κ1) is 12.3. The Morgan fingerprint density at radius 2 is 2.19 bits per heavy atom. The Bertz CT molecular complexity index is 403. The van der Waals surface area contributed by atoms with Crippen LogP contribution in [0.1, 0.15) is 23.0 Å². The Morgan fingerprint density at radius 1 is 1.56 bits per heavy atom. The molecular weight excluding hydrogens is 227 g/mol. The maximum Gasteiger partial charge on any atom is 0.418 e. The normalized spacial score (nSPS) is 11.2. The topological polar surface area (TPSA) is 59.4 Å². The van der Waals surface area contributed by atoms with Gasteiger partial charge in [-0.3, -0.25) is 0 Å². The highest BCUT2D eigenvalue weighted by Crippen LogP contribution is 2.31. The second-order valence-electron chi connectivity index (χ2n) is 2.81. The second-order valence-corrected chi connectivity index (χ2v) is 2.81. The highest BCUT2D eigenvalue weighted by Gasteiger charge is 2.32. The number of carboxylic acids is 1. The first-order valence-corrected chi connectivity index (χ1v) is 4.29. The molecule has 0 spiro atoms. The number of nitrogens with zero attached hydrogens (tertiary/aromatic N) is 1. The lowest BCUT2D eigenvalue weighted by molar-refractivity contribution is -0.138. The third kappa shape index (κ3) is 2.62. The molecule has 1 aromatic heterocycles. The molecule has 0 amide bonds. The van der Waals surface area contributed by atoms with Gasteiger partial charge in [0.1, 0.15) is 0 Å². The SMILES string of the molecule is CCOc1cc(C(F)(F)F)cnc1C(=O)O. The Hall–Kier alpha value is -1.79. The number of carbonyl (C=O) groups is 1. The van der Waals surface area contributed by atoms with Crippen LogP contribution >= 0.6 is 0 Å². The monoisotopic (exact) mass is 235 g/mol. The van der Waals surface area contributed by atoms with Gasteiger partial charge in [-0.2, -0.15) is 13.2 Å². The van der Waals surface area contributed by atoms with E-state index in [0.29, 0.717) is 12.3 Å². The molecule has 4 nitrogen and oxygen atoms in total. The van der Waals surface area contributed by atoms with Gasteiger partial charge in [0.15, 0.2) is 11.4 Å². The second kappa shape index (κ2) is 4.38.